The molecule has 0 aliphatic carbocycles. The Hall–Kier alpha value is -2.74. The Bertz CT molecular complexity index is 885. The number of ketones is 1. The number of hydrogen-bond acceptors (Lipinski definition) is 4. The van der Waals surface area contributed by atoms with Crippen LogP contribution in [-0.2, 0) is 4.79 Å². The second-order valence-electron chi connectivity index (χ2n) is 5.18. The van der Waals surface area contributed by atoms with Crippen LogP contribution in [0.15, 0.2) is 47.1 Å². The van der Waals surface area contributed by atoms with Crippen molar-refractivity contribution >= 4 is 39.0 Å². The Labute approximate surface area is 157 Å². The minimum atomic E-state index is -0.669. The SMILES string of the molecule is COc1cc(F)c(NC=CC(=O)c2ccc(Br)cc2F)cc1NC(C)=O. The lowest BCUT2D eigenvalue weighted by Crippen LogP contribution is -2.08. The van der Waals surface area contributed by atoms with Crippen molar-refractivity contribution < 1.29 is 23.1 Å². The summed E-state index contributed by atoms with van der Waals surface area (Å²) in [7, 11) is 1.35. The van der Waals surface area contributed by atoms with Crippen molar-refractivity contribution in [3.8, 4) is 5.75 Å². The Balaban J connectivity index is 2.18. The van der Waals surface area contributed by atoms with Crippen LogP contribution in [0.5, 0.6) is 5.75 Å². The number of anilines is 2. The molecule has 2 rings (SSSR count). The van der Waals surface area contributed by atoms with Crippen molar-refractivity contribution in [1.29, 1.82) is 0 Å². The van der Waals surface area contributed by atoms with Gasteiger partial charge in [0.2, 0.25) is 5.91 Å². The molecule has 0 atom stereocenters. The van der Waals surface area contributed by atoms with Crippen molar-refractivity contribution in [1.82, 2.24) is 0 Å². The summed E-state index contributed by atoms with van der Waals surface area (Å²) in [6.45, 7) is 1.31. The van der Waals surface area contributed by atoms with E-state index in [1.807, 2.05) is 0 Å². The summed E-state index contributed by atoms with van der Waals surface area (Å²) in [6, 6.07) is 6.48. The number of carbonyl (C=O) groups excluding carboxylic acids is 2. The molecule has 8 heteroatoms. The molecule has 0 radical (unpaired) electrons. The lowest BCUT2D eigenvalue weighted by Gasteiger charge is -2.12. The van der Waals surface area contributed by atoms with Crippen LogP contribution in [0, 0.1) is 11.6 Å². The van der Waals surface area contributed by atoms with Gasteiger partial charge in [-0.15, -0.1) is 0 Å². The zero-order valence-electron chi connectivity index (χ0n) is 13.9. The highest BCUT2D eigenvalue weighted by molar-refractivity contribution is 9.10. The lowest BCUT2D eigenvalue weighted by molar-refractivity contribution is -0.114. The van der Waals surface area contributed by atoms with Crippen molar-refractivity contribution in [3.63, 3.8) is 0 Å². The number of allylic oxidation sites excluding steroid dienone is 1. The van der Waals surface area contributed by atoms with E-state index in [0.717, 1.165) is 12.1 Å². The molecule has 0 fully saturated rings. The fraction of sp³-hybridized carbons (Fsp3) is 0.111. The maximum atomic E-state index is 14.1. The lowest BCUT2D eigenvalue weighted by atomic mass is 10.1. The van der Waals surface area contributed by atoms with Crippen molar-refractivity contribution in [2.75, 3.05) is 17.7 Å². The van der Waals surface area contributed by atoms with Gasteiger partial charge in [-0.2, -0.15) is 0 Å². The van der Waals surface area contributed by atoms with Crippen LogP contribution in [0.25, 0.3) is 0 Å². The average Bonchev–Trinajstić information content (AvgIpc) is 2.56. The van der Waals surface area contributed by atoms with Gasteiger partial charge in [-0.25, -0.2) is 8.78 Å². The quantitative estimate of drug-likeness (QED) is 0.528. The molecule has 0 saturated carbocycles. The van der Waals surface area contributed by atoms with Crippen LogP contribution < -0.4 is 15.4 Å². The third kappa shape index (κ3) is 4.89. The highest BCUT2D eigenvalue weighted by Gasteiger charge is 2.12. The molecule has 0 saturated heterocycles. The zero-order valence-corrected chi connectivity index (χ0v) is 15.5. The fourth-order valence-corrected chi connectivity index (χ4v) is 2.44. The van der Waals surface area contributed by atoms with Crippen molar-refractivity contribution in [2.45, 2.75) is 6.92 Å². The van der Waals surface area contributed by atoms with Gasteiger partial charge in [-0.05, 0) is 24.3 Å². The Kier molecular flexibility index (Phi) is 6.46. The second kappa shape index (κ2) is 8.57. The minimum absolute atomic E-state index is 0.00915. The van der Waals surface area contributed by atoms with Gasteiger partial charge in [0.25, 0.3) is 0 Å². The number of ether oxygens (including phenoxy) is 1. The molecule has 5 nitrogen and oxygen atoms in total. The van der Waals surface area contributed by atoms with E-state index in [-0.39, 0.29) is 28.6 Å². The fourth-order valence-electron chi connectivity index (χ4n) is 2.11. The molecule has 2 aromatic rings. The van der Waals surface area contributed by atoms with Crippen molar-refractivity contribution in [3.05, 3.63) is 64.3 Å². The first-order valence-electron chi connectivity index (χ1n) is 7.39. The summed E-state index contributed by atoms with van der Waals surface area (Å²) < 4.78 is 33.3. The van der Waals surface area contributed by atoms with E-state index < -0.39 is 17.4 Å². The number of halogens is 3. The van der Waals surface area contributed by atoms with Gasteiger partial charge in [0.05, 0.1) is 24.0 Å². The molecule has 0 aliphatic heterocycles. The van der Waals surface area contributed by atoms with Gasteiger partial charge in [0.1, 0.15) is 17.4 Å². The topological polar surface area (TPSA) is 67.4 Å². The number of carbonyl (C=O) groups is 2. The number of hydrogen-bond donors (Lipinski definition) is 2. The van der Waals surface area contributed by atoms with Crippen LogP contribution >= 0.6 is 15.9 Å². The Morgan fingerprint density at radius 1 is 1.12 bits per heavy atom. The molecule has 0 heterocycles. The molecule has 2 aromatic carbocycles. The van der Waals surface area contributed by atoms with Gasteiger partial charge >= 0.3 is 0 Å². The molecule has 0 unspecified atom stereocenters. The monoisotopic (exact) mass is 424 g/mol. The maximum Gasteiger partial charge on any atom is 0.221 e. The predicted molar refractivity (Wildman–Crippen MR) is 98.4 cm³/mol. The molecular formula is C18H15BrF2N2O3. The van der Waals surface area contributed by atoms with Crippen LogP contribution in [0.4, 0.5) is 20.2 Å². The van der Waals surface area contributed by atoms with Crippen molar-refractivity contribution in [2.24, 2.45) is 0 Å². The third-order valence-electron chi connectivity index (χ3n) is 3.27. The first-order valence-corrected chi connectivity index (χ1v) is 8.18. The molecule has 0 bridgehead atoms. The summed E-state index contributed by atoms with van der Waals surface area (Å²) in [6.07, 6.45) is 2.26. The van der Waals surface area contributed by atoms with Crippen LogP contribution in [-0.4, -0.2) is 18.8 Å². The molecule has 0 aliphatic rings. The molecule has 1 amide bonds. The van der Waals surface area contributed by atoms with E-state index in [1.165, 1.54) is 38.4 Å². The van der Waals surface area contributed by atoms with Gasteiger partial charge in [0.15, 0.2) is 5.78 Å². The first-order chi connectivity index (χ1) is 12.3. The third-order valence-corrected chi connectivity index (χ3v) is 3.76. The Morgan fingerprint density at radius 2 is 1.85 bits per heavy atom. The summed E-state index contributed by atoms with van der Waals surface area (Å²) >= 11 is 3.11. The number of rotatable bonds is 6. The van der Waals surface area contributed by atoms with Crippen LogP contribution in [0.3, 0.4) is 0 Å². The average molecular weight is 425 g/mol. The zero-order chi connectivity index (χ0) is 19.3. The largest absolute Gasteiger partial charge is 0.494 e. The highest BCUT2D eigenvalue weighted by Crippen LogP contribution is 2.30. The van der Waals surface area contributed by atoms with Gasteiger partial charge in [-0.1, -0.05) is 15.9 Å². The molecule has 136 valence electrons. The molecule has 26 heavy (non-hydrogen) atoms. The normalized spacial score (nSPS) is 10.7. The highest BCUT2D eigenvalue weighted by atomic mass is 79.9. The van der Waals surface area contributed by atoms with Gasteiger partial charge < -0.3 is 15.4 Å². The number of amides is 1. The van der Waals surface area contributed by atoms with Crippen LogP contribution in [0.2, 0.25) is 0 Å². The van der Waals surface area contributed by atoms with E-state index in [1.54, 1.807) is 6.07 Å². The van der Waals surface area contributed by atoms with E-state index in [0.29, 0.717) is 4.47 Å². The molecule has 0 aromatic heterocycles. The Morgan fingerprint density at radius 3 is 2.46 bits per heavy atom. The van der Waals surface area contributed by atoms with Gasteiger partial charge in [-0.3, -0.25) is 9.59 Å². The first kappa shape index (κ1) is 19.6. The minimum Gasteiger partial charge on any atom is -0.494 e. The molecule has 0 spiro atoms. The summed E-state index contributed by atoms with van der Waals surface area (Å²) in [5, 5.41) is 5.11. The van der Waals surface area contributed by atoms with E-state index in [4.69, 9.17) is 4.74 Å². The predicted octanol–water partition coefficient (Wildman–Crippen LogP) is 4.50. The van der Waals surface area contributed by atoms with E-state index >= 15 is 0 Å². The van der Waals surface area contributed by atoms with Crippen LogP contribution in [0.1, 0.15) is 17.3 Å². The summed E-state index contributed by atoms with van der Waals surface area (Å²) in [5.74, 6) is -2.10. The smallest absolute Gasteiger partial charge is 0.221 e. The molecule has 2 N–H and O–H groups in total. The second-order valence-corrected chi connectivity index (χ2v) is 6.10. The maximum absolute atomic E-state index is 14.1. The van der Waals surface area contributed by atoms with E-state index in [2.05, 4.69) is 26.6 Å². The number of methoxy groups -OCH3 is 1. The number of nitrogens with one attached hydrogen (secondary N) is 2. The summed E-state index contributed by atoms with van der Waals surface area (Å²) in [4.78, 5) is 23.2. The standard InChI is InChI=1S/C18H15BrF2N2O3/c1-10(24)23-16-9-15(14(21)8-18(16)26-2)22-6-5-17(25)12-4-3-11(19)7-13(12)20/h3-9,22H,1-2H3,(H,23,24). The van der Waals surface area contributed by atoms with E-state index in [9.17, 15) is 18.4 Å². The molecular weight excluding hydrogens is 410 g/mol. The van der Waals surface area contributed by atoms with Gasteiger partial charge in [0, 0.05) is 29.7 Å². The summed E-state index contributed by atoms with van der Waals surface area (Å²) in [5.41, 5.74) is 0.165. The number of benzene rings is 2.